The maximum Gasteiger partial charge on any atom is 0.0472 e. The lowest BCUT2D eigenvalue weighted by molar-refractivity contribution is -0.00464. The van der Waals surface area contributed by atoms with Gasteiger partial charge in [-0.15, -0.1) is 0 Å². The van der Waals surface area contributed by atoms with Crippen molar-refractivity contribution in [3.63, 3.8) is 0 Å². The Kier molecular flexibility index (Phi) is 7.61. The van der Waals surface area contributed by atoms with Crippen LogP contribution in [0.15, 0.2) is 0 Å². The van der Waals surface area contributed by atoms with Crippen molar-refractivity contribution in [1.29, 1.82) is 0 Å². The third kappa shape index (κ3) is 4.72. The molecular weight excluding hydrogens is 244 g/mol. The van der Waals surface area contributed by atoms with Crippen LogP contribution in [0.1, 0.15) is 26.2 Å². The second-order valence-electron chi connectivity index (χ2n) is 5.58. The van der Waals surface area contributed by atoms with Crippen molar-refractivity contribution in [2.45, 2.75) is 32.2 Å². The summed E-state index contributed by atoms with van der Waals surface area (Å²) in [6.07, 6.45) is 5.82. The largest absolute Gasteiger partial charge is 0.381 e. The van der Waals surface area contributed by atoms with Gasteiger partial charge in [0.25, 0.3) is 0 Å². The number of nitrogens with one attached hydrogen (secondary N) is 1. The van der Waals surface area contributed by atoms with Crippen LogP contribution in [0, 0.1) is 5.41 Å². The molecule has 1 rings (SSSR count). The fourth-order valence-electron chi connectivity index (χ4n) is 2.98. The molecule has 3 nitrogen and oxygen atoms in total. The molecule has 0 aromatic rings. The molecule has 1 N–H and O–H groups in total. The third-order valence-corrected chi connectivity index (χ3v) is 4.86. The summed E-state index contributed by atoms with van der Waals surface area (Å²) in [6.45, 7) is 6.45. The second-order valence-corrected chi connectivity index (χ2v) is 6.49. The molecule has 0 bridgehead atoms. The summed E-state index contributed by atoms with van der Waals surface area (Å²) in [5.74, 6) is 1.24. The Balaban J connectivity index is 2.58. The van der Waals surface area contributed by atoms with Crippen LogP contribution in [0.3, 0.4) is 0 Å². The van der Waals surface area contributed by atoms with Crippen LogP contribution in [0.2, 0.25) is 0 Å². The molecule has 1 atom stereocenters. The van der Waals surface area contributed by atoms with E-state index in [0.29, 0.717) is 11.5 Å². The predicted molar refractivity (Wildman–Crippen MR) is 81.5 cm³/mol. The molecule has 0 aliphatic carbocycles. The van der Waals surface area contributed by atoms with Gasteiger partial charge in [-0.05, 0) is 45.0 Å². The zero-order chi connectivity index (χ0) is 13.4. The molecule has 0 spiro atoms. The van der Waals surface area contributed by atoms with E-state index in [0.717, 1.165) is 19.8 Å². The van der Waals surface area contributed by atoms with Crippen LogP contribution in [0.25, 0.3) is 0 Å². The molecule has 0 amide bonds. The van der Waals surface area contributed by atoms with E-state index in [1.165, 1.54) is 31.6 Å². The Morgan fingerprint density at radius 3 is 2.56 bits per heavy atom. The van der Waals surface area contributed by atoms with Crippen molar-refractivity contribution in [2.24, 2.45) is 5.41 Å². The van der Waals surface area contributed by atoms with Gasteiger partial charge in [-0.2, -0.15) is 11.8 Å². The van der Waals surface area contributed by atoms with Gasteiger partial charge >= 0.3 is 0 Å². The van der Waals surface area contributed by atoms with Gasteiger partial charge in [-0.25, -0.2) is 0 Å². The zero-order valence-corrected chi connectivity index (χ0v) is 13.3. The fourth-order valence-corrected chi connectivity index (χ4v) is 3.85. The molecule has 1 saturated heterocycles. The zero-order valence-electron chi connectivity index (χ0n) is 12.5. The van der Waals surface area contributed by atoms with Crippen molar-refractivity contribution >= 4 is 11.8 Å². The quantitative estimate of drug-likeness (QED) is 0.732. The van der Waals surface area contributed by atoms with Gasteiger partial charge < -0.3 is 15.0 Å². The molecule has 1 unspecified atom stereocenters. The Bertz CT molecular complexity index is 214. The van der Waals surface area contributed by atoms with Crippen molar-refractivity contribution < 1.29 is 4.74 Å². The highest BCUT2D eigenvalue weighted by Crippen LogP contribution is 2.31. The van der Waals surface area contributed by atoms with Gasteiger partial charge in [-0.3, -0.25) is 0 Å². The highest BCUT2D eigenvalue weighted by Gasteiger charge is 2.34. The summed E-state index contributed by atoms with van der Waals surface area (Å²) >= 11 is 1.95. The molecule has 1 aliphatic heterocycles. The smallest absolute Gasteiger partial charge is 0.0472 e. The molecule has 18 heavy (non-hydrogen) atoms. The SMILES string of the molecule is CCC(CSC)N(C)CC1(CNC)CCOCC1. The topological polar surface area (TPSA) is 24.5 Å². The minimum absolute atomic E-state index is 0.410. The van der Waals surface area contributed by atoms with Crippen LogP contribution in [-0.2, 0) is 4.74 Å². The molecule has 108 valence electrons. The van der Waals surface area contributed by atoms with Crippen LogP contribution in [-0.4, -0.2) is 63.3 Å². The summed E-state index contributed by atoms with van der Waals surface area (Å²) in [7, 11) is 4.35. The predicted octanol–water partition coefficient (Wildman–Crippen LogP) is 2.08. The molecule has 0 saturated carbocycles. The van der Waals surface area contributed by atoms with E-state index in [1.54, 1.807) is 0 Å². The molecule has 4 heteroatoms. The van der Waals surface area contributed by atoms with Gasteiger partial charge in [0.05, 0.1) is 0 Å². The maximum absolute atomic E-state index is 5.54. The fraction of sp³-hybridized carbons (Fsp3) is 1.00. The lowest BCUT2D eigenvalue weighted by Gasteiger charge is -2.42. The van der Waals surface area contributed by atoms with Crippen LogP contribution in [0.5, 0.6) is 0 Å². The van der Waals surface area contributed by atoms with Gasteiger partial charge in [0.1, 0.15) is 0 Å². The summed E-state index contributed by atoms with van der Waals surface area (Å²) < 4.78 is 5.54. The molecule has 1 fully saturated rings. The summed E-state index contributed by atoms with van der Waals surface area (Å²) in [4.78, 5) is 2.57. The highest BCUT2D eigenvalue weighted by molar-refractivity contribution is 7.98. The van der Waals surface area contributed by atoms with E-state index in [4.69, 9.17) is 4.74 Å². The minimum atomic E-state index is 0.410. The molecule has 1 aliphatic rings. The monoisotopic (exact) mass is 274 g/mol. The number of thioether (sulfide) groups is 1. The molecule has 0 aromatic carbocycles. The summed E-state index contributed by atoms with van der Waals surface area (Å²) in [6, 6.07) is 0.705. The lowest BCUT2D eigenvalue weighted by Crippen LogP contribution is -2.48. The van der Waals surface area contributed by atoms with Gasteiger partial charge in [-0.1, -0.05) is 6.92 Å². The van der Waals surface area contributed by atoms with Crippen molar-refractivity contribution in [1.82, 2.24) is 10.2 Å². The Hall–Kier alpha value is 0.230. The van der Waals surface area contributed by atoms with Crippen molar-refractivity contribution in [3.05, 3.63) is 0 Å². The minimum Gasteiger partial charge on any atom is -0.381 e. The van der Waals surface area contributed by atoms with Crippen LogP contribution >= 0.6 is 11.8 Å². The molecule has 0 radical (unpaired) electrons. The normalized spacial score (nSPS) is 21.2. The third-order valence-electron chi connectivity index (χ3n) is 4.14. The first-order chi connectivity index (χ1) is 8.67. The maximum atomic E-state index is 5.54. The average Bonchev–Trinajstić information content (AvgIpc) is 2.37. The standard InChI is InChI=1S/C14H30N2OS/c1-5-13(10-18-4)16(3)12-14(11-15-2)6-8-17-9-7-14/h13,15H,5-12H2,1-4H3. The van der Waals surface area contributed by atoms with Gasteiger partial charge in [0.15, 0.2) is 0 Å². The van der Waals surface area contributed by atoms with Crippen LogP contribution in [0.4, 0.5) is 0 Å². The summed E-state index contributed by atoms with van der Waals surface area (Å²) in [5.41, 5.74) is 0.410. The van der Waals surface area contributed by atoms with E-state index >= 15 is 0 Å². The molecule has 1 heterocycles. The van der Waals surface area contributed by atoms with E-state index in [9.17, 15) is 0 Å². The lowest BCUT2D eigenvalue weighted by atomic mass is 9.79. The first-order valence-electron chi connectivity index (χ1n) is 7.09. The number of nitrogens with zero attached hydrogens (tertiary/aromatic N) is 1. The van der Waals surface area contributed by atoms with E-state index in [2.05, 4.69) is 37.5 Å². The first-order valence-corrected chi connectivity index (χ1v) is 8.48. The molecular formula is C14H30N2OS. The van der Waals surface area contributed by atoms with E-state index < -0.39 is 0 Å². The number of rotatable bonds is 8. The number of ether oxygens (including phenoxy) is 1. The van der Waals surface area contributed by atoms with E-state index in [-0.39, 0.29) is 0 Å². The molecule has 0 aromatic heterocycles. The van der Waals surface area contributed by atoms with Crippen molar-refractivity contribution in [2.75, 3.05) is 52.4 Å². The number of hydrogen-bond acceptors (Lipinski definition) is 4. The van der Waals surface area contributed by atoms with Crippen LogP contribution < -0.4 is 5.32 Å². The second kappa shape index (κ2) is 8.41. The Morgan fingerprint density at radius 2 is 2.06 bits per heavy atom. The van der Waals surface area contributed by atoms with E-state index in [1.807, 2.05) is 11.8 Å². The summed E-state index contributed by atoms with van der Waals surface area (Å²) in [5, 5.41) is 3.39. The Labute approximate surface area is 117 Å². The van der Waals surface area contributed by atoms with Gasteiger partial charge in [0, 0.05) is 38.1 Å². The Morgan fingerprint density at radius 1 is 1.39 bits per heavy atom. The average molecular weight is 274 g/mol. The first kappa shape index (κ1) is 16.3. The number of hydrogen-bond donors (Lipinski definition) is 1. The van der Waals surface area contributed by atoms with Crippen molar-refractivity contribution in [3.8, 4) is 0 Å². The van der Waals surface area contributed by atoms with Gasteiger partial charge in [0.2, 0.25) is 0 Å². The highest BCUT2D eigenvalue weighted by atomic mass is 32.2.